The largest absolute Gasteiger partial charge is 0.508 e. The van der Waals surface area contributed by atoms with Crippen LogP contribution in [0.1, 0.15) is 6.92 Å². The Morgan fingerprint density at radius 3 is 2.84 bits per heavy atom. The van der Waals surface area contributed by atoms with Gasteiger partial charge in [-0.1, -0.05) is 6.07 Å². The number of piperazine rings is 1. The normalized spacial score (nSPS) is 30.9. The molecule has 1 amide bonds. The number of benzene rings is 1. The number of carbonyl (C=O) groups excluding carboxylic acids is 3. The fourth-order valence-corrected chi connectivity index (χ4v) is 5.17. The number of hydrogen-bond donors (Lipinski definition) is 4. The predicted molar refractivity (Wildman–Crippen MR) is 108 cm³/mol. The Balaban J connectivity index is 1.57. The lowest BCUT2D eigenvalue weighted by molar-refractivity contribution is -0.137. The van der Waals surface area contributed by atoms with Gasteiger partial charge in [0.2, 0.25) is 11.6 Å². The first-order valence-electron chi connectivity index (χ1n) is 9.91. The number of anilines is 1. The number of primary amides is 1. The first-order valence-corrected chi connectivity index (χ1v) is 9.91. The molecular formula is C21H22N4O6. The zero-order valence-corrected chi connectivity index (χ0v) is 17.0. The lowest BCUT2D eigenvalue weighted by Crippen LogP contribution is -2.55. The van der Waals surface area contributed by atoms with Gasteiger partial charge in [0, 0.05) is 42.6 Å². The third-order valence-corrected chi connectivity index (χ3v) is 6.54. The summed E-state index contributed by atoms with van der Waals surface area (Å²) in [4.78, 5) is 40.2. The maximum absolute atomic E-state index is 13.6. The number of nitrogens with zero attached hydrogens (tertiary/aromatic N) is 1. The molecule has 162 valence electrons. The number of amides is 1. The Kier molecular flexibility index (Phi) is 4.15. The zero-order chi connectivity index (χ0) is 22.1. The van der Waals surface area contributed by atoms with Crippen molar-refractivity contribution in [2.24, 2.45) is 11.7 Å². The van der Waals surface area contributed by atoms with Crippen molar-refractivity contribution < 1.29 is 29.0 Å². The molecule has 4 aliphatic rings. The highest BCUT2D eigenvalue weighted by atomic mass is 16.6. The summed E-state index contributed by atoms with van der Waals surface area (Å²) < 4.78 is 11.0. The summed E-state index contributed by atoms with van der Waals surface area (Å²) in [5.74, 6) is -1.34. The third kappa shape index (κ3) is 2.61. The van der Waals surface area contributed by atoms with Crippen molar-refractivity contribution in [2.45, 2.75) is 24.7 Å². The van der Waals surface area contributed by atoms with Gasteiger partial charge in [-0.2, -0.15) is 0 Å². The lowest BCUT2D eigenvalue weighted by atomic mass is 9.82. The van der Waals surface area contributed by atoms with Gasteiger partial charge in [0.25, 0.3) is 0 Å². The maximum atomic E-state index is 13.6. The van der Waals surface area contributed by atoms with Gasteiger partial charge in [0.1, 0.15) is 12.4 Å². The number of fused-ring (bicyclic) bond motifs is 4. The molecule has 5 rings (SSSR count). The van der Waals surface area contributed by atoms with Crippen molar-refractivity contribution in [3.63, 3.8) is 0 Å². The molecule has 3 heterocycles. The van der Waals surface area contributed by atoms with Crippen molar-refractivity contribution in [3.05, 3.63) is 46.8 Å². The number of aromatic hydroxyl groups is 1. The summed E-state index contributed by atoms with van der Waals surface area (Å²) >= 11 is 0. The molecule has 2 fully saturated rings. The molecule has 0 bridgehead atoms. The van der Waals surface area contributed by atoms with Gasteiger partial charge in [0.15, 0.2) is 5.72 Å². The first-order chi connectivity index (χ1) is 14.8. The summed E-state index contributed by atoms with van der Waals surface area (Å²) in [7, 11) is 1.52. The van der Waals surface area contributed by atoms with E-state index < -0.39 is 17.7 Å². The number of nitrogens with two attached hydrogens (primary N) is 1. The van der Waals surface area contributed by atoms with Crippen LogP contribution in [0.2, 0.25) is 0 Å². The number of carbonyl (C=O) groups is 3. The SMILES string of the molecule is CO[C@@]12[C@H](COC(N)=O)C3=C(C(=O)C(C)=C(Nc4cccc(O)c4)C3=O)N1C[C@@H]1N[C@@H]12. The van der Waals surface area contributed by atoms with Crippen LogP contribution in [0.3, 0.4) is 0 Å². The van der Waals surface area contributed by atoms with Crippen LogP contribution in [0, 0.1) is 5.92 Å². The van der Waals surface area contributed by atoms with Gasteiger partial charge < -0.3 is 35.8 Å². The third-order valence-electron chi connectivity index (χ3n) is 6.54. The van der Waals surface area contributed by atoms with Crippen LogP contribution in [0.5, 0.6) is 5.75 Å². The van der Waals surface area contributed by atoms with Gasteiger partial charge in [-0.05, 0) is 19.1 Å². The number of methoxy groups -OCH3 is 1. The number of nitrogens with one attached hydrogen (secondary N) is 2. The topological polar surface area (TPSA) is 153 Å². The van der Waals surface area contributed by atoms with Crippen LogP contribution >= 0.6 is 0 Å². The summed E-state index contributed by atoms with van der Waals surface area (Å²) in [5.41, 5.74) is 5.55. The van der Waals surface area contributed by atoms with E-state index in [-0.39, 0.29) is 58.5 Å². The number of hydrogen-bond acceptors (Lipinski definition) is 9. The van der Waals surface area contributed by atoms with E-state index in [1.807, 2.05) is 4.90 Å². The summed E-state index contributed by atoms with van der Waals surface area (Å²) in [5, 5.41) is 16.0. The highest BCUT2D eigenvalue weighted by molar-refractivity contribution is 6.26. The van der Waals surface area contributed by atoms with Gasteiger partial charge in [-0.3, -0.25) is 9.59 Å². The fraction of sp³-hybridized carbons (Fsp3) is 0.381. The molecule has 0 radical (unpaired) electrons. The maximum Gasteiger partial charge on any atom is 0.404 e. The molecule has 1 aliphatic carbocycles. The van der Waals surface area contributed by atoms with Crippen LogP contribution in [0.15, 0.2) is 46.8 Å². The van der Waals surface area contributed by atoms with Crippen LogP contribution in [-0.4, -0.2) is 65.7 Å². The minimum Gasteiger partial charge on any atom is -0.508 e. The smallest absolute Gasteiger partial charge is 0.404 e. The Morgan fingerprint density at radius 1 is 1.39 bits per heavy atom. The van der Waals surface area contributed by atoms with Crippen molar-refractivity contribution in [2.75, 3.05) is 25.6 Å². The molecule has 0 aromatic heterocycles. The molecule has 31 heavy (non-hydrogen) atoms. The van der Waals surface area contributed by atoms with Gasteiger partial charge in [-0.15, -0.1) is 0 Å². The number of ether oxygens (including phenoxy) is 2. The molecule has 0 saturated carbocycles. The van der Waals surface area contributed by atoms with E-state index in [1.54, 1.807) is 19.1 Å². The second-order valence-corrected chi connectivity index (χ2v) is 8.10. The molecule has 4 atom stereocenters. The fourth-order valence-electron chi connectivity index (χ4n) is 5.17. The monoisotopic (exact) mass is 426 g/mol. The zero-order valence-electron chi connectivity index (χ0n) is 17.0. The van der Waals surface area contributed by atoms with E-state index in [4.69, 9.17) is 15.2 Å². The van der Waals surface area contributed by atoms with Crippen LogP contribution < -0.4 is 16.4 Å². The van der Waals surface area contributed by atoms with E-state index in [0.717, 1.165) is 0 Å². The molecule has 10 heteroatoms. The second-order valence-electron chi connectivity index (χ2n) is 8.10. The minimum absolute atomic E-state index is 0.0242. The number of allylic oxidation sites excluding steroid dienone is 2. The van der Waals surface area contributed by atoms with Crippen molar-refractivity contribution in [1.82, 2.24) is 10.2 Å². The number of rotatable bonds is 5. The number of phenols is 1. The van der Waals surface area contributed by atoms with Crippen molar-refractivity contribution in [3.8, 4) is 5.75 Å². The molecule has 0 spiro atoms. The summed E-state index contributed by atoms with van der Waals surface area (Å²) in [6.45, 7) is 1.90. The Hall–Kier alpha value is -3.37. The average molecular weight is 426 g/mol. The molecule has 2 saturated heterocycles. The van der Waals surface area contributed by atoms with E-state index in [1.165, 1.54) is 19.2 Å². The van der Waals surface area contributed by atoms with Gasteiger partial charge >= 0.3 is 6.09 Å². The Morgan fingerprint density at radius 2 is 2.16 bits per heavy atom. The molecule has 1 aromatic carbocycles. The van der Waals surface area contributed by atoms with Crippen LogP contribution in [0.4, 0.5) is 10.5 Å². The van der Waals surface area contributed by atoms with E-state index in [2.05, 4.69) is 10.6 Å². The van der Waals surface area contributed by atoms with Gasteiger partial charge in [0.05, 0.1) is 23.4 Å². The van der Waals surface area contributed by atoms with Crippen LogP contribution in [-0.2, 0) is 19.1 Å². The van der Waals surface area contributed by atoms with Crippen LogP contribution in [0.25, 0.3) is 0 Å². The van der Waals surface area contributed by atoms with Crippen molar-refractivity contribution in [1.29, 1.82) is 0 Å². The summed E-state index contributed by atoms with van der Waals surface area (Å²) in [6.07, 6.45) is -0.968. The number of ketones is 2. The quantitative estimate of drug-likeness (QED) is 0.382. The standard InChI is InChI=1S/C21H22N4O6/c1-9-15(23-10-4-3-5-11(26)6-10)18(28)14-12(8-31-20(22)29)21(30-2)19-13(24-19)7-25(21)16(14)17(9)27/h3-6,12-13,19,23-24,26H,7-8H2,1-2H3,(H2,22,29)/t12-,13+,19+,21-/m1/s1. The molecule has 3 aliphatic heterocycles. The van der Waals surface area contributed by atoms with Gasteiger partial charge in [-0.25, -0.2) is 4.79 Å². The minimum atomic E-state index is -1.02. The predicted octanol–water partition coefficient (Wildman–Crippen LogP) is 0.208. The molecular weight excluding hydrogens is 404 g/mol. The number of phenolic OH excluding ortho intramolecular Hbond substituents is 1. The first kappa shape index (κ1) is 19.6. The molecule has 5 N–H and O–H groups in total. The Bertz CT molecular complexity index is 1100. The number of Topliss-reactive ketones (excluding diaryl/α,β-unsaturated/α-hetero) is 2. The highest BCUT2D eigenvalue weighted by Gasteiger charge is 2.72. The molecule has 10 nitrogen and oxygen atoms in total. The van der Waals surface area contributed by atoms with E-state index in [0.29, 0.717) is 12.2 Å². The molecule has 1 aromatic rings. The second kappa shape index (κ2) is 6.56. The highest BCUT2D eigenvalue weighted by Crippen LogP contribution is 2.55. The van der Waals surface area contributed by atoms with Crippen molar-refractivity contribution >= 4 is 23.3 Å². The van der Waals surface area contributed by atoms with E-state index in [9.17, 15) is 19.5 Å². The average Bonchev–Trinajstić information content (AvgIpc) is 3.34. The van der Waals surface area contributed by atoms with E-state index >= 15 is 0 Å². The molecule has 0 unspecified atom stereocenters. The summed E-state index contributed by atoms with van der Waals surface area (Å²) in [6, 6.07) is 6.29. The lowest BCUT2D eigenvalue weighted by Gasteiger charge is -2.39. The Labute approximate surface area is 177 Å².